The molecule has 0 aliphatic heterocycles. The van der Waals surface area contributed by atoms with E-state index in [-0.39, 0.29) is 22.7 Å². The smallest absolute Gasteiger partial charge is 0.258 e. The Hall–Kier alpha value is -2.25. The summed E-state index contributed by atoms with van der Waals surface area (Å²) in [6.45, 7) is 1.56. The van der Waals surface area contributed by atoms with Gasteiger partial charge in [-0.15, -0.1) is 0 Å². The average Bonchev–Trinajstić information content (AvgIpc) is 2.46. The topological polar surface area (TPSA) is 89.3 Å². The second-order valence-electron chi connectivity index (χ2n) is 4.47. The predicted octanol–water partition coefficient (Wildman–Crippen LogP) is 2.38. The Bertz CT molecular complexity index is 758. The van der Waals surface area contributed by atoms with Crippen molar-refractivity contribution in [3.8, 4) is 0 Å². The summed E-state index contributed by atoms with van der Waals surface area (Å²) < 4.78 is 27.0. The maximum Gasteiger partial charge on any atom is 0.273 e. The van der Waals surface area contributed by atoms with Crippen LogP contribution < -0.4 is 4.72 Å². The molecule has 0 atom stereocenters. The molecular weight excluding hydrogens is 292 g/mol. The third-order valence-corrected chi connectivity index (χ3v) is 4.60. The van der Waals surface area contributed by atoms with Crippen LogP contribution in [0, 0.1) is 17.0 Å². The first-order chi connectivity index (χ1) is 9.92. The quantitative estimate of drug-likeness (QED) is 0.678. The third kappa shape index (κ3) is 3.45. The molecule has 6 nitrogen and oxygen atoms in total. The first-order valence-electron chi connectivity index (χ1n) is 6.19. The lowest BCUT2D eigenvalue weighted by Crippen LogP contribution is -2.24. The predicted molar refractivity (Wildman–Crippen MR) is 78.3 cm³/mol. The Balaban J connectivity index is 2.28. The molecular formula is C14H14N2O4S. The van der Waals surface area contributed by atoms with Gasteiger partial charge in [-0.2, -0.15) is 0 Å². The standard InChI is InChI=1S/C14H14N2O4S/c1-11-13(16(17)18)8-5-9-14(11)21(19,20)15-10-12-6-3-2-4-7-12/h2-9,15H,10H2,1H3. The SMILES string of the molecule is Cc1c([N+](=O)[O-])cccc1S(=O)(=O)NCc1ccccc1. The molecule has 21 heavy (non-hydrogen) atoms. The van der Waals surface area contributed by atoms with Crippen LogP contribution in [0.4, 0.5) is 5.69 Å². The van der Waals surface area contributed by atoms with Gasteiger partial charge in [0.2, 0.25) is 10.0 Å². The molecule has 0 saturated heterocycles. The molecule has 0 bridgehead atoms. The van der Waals surface area contributed by atoms with Crippen LogP contribution >= 0.6 is 0 Å². The molecule has 2 aromatic rings. The monoisotopic (exact) mass is 306 g/mol. The number of nitrogens with zero attached hydrogens (tertiary/aromatic N) is 1. The van der Waals surface area contributed by atoms with Gasteiger partial charge in [-0.1, -0.05) is 36.4 Å². The van der Waals surface area contributed by atoms with Gasteiger partial charge in [0.05, 0.1) is 9.82 Å². The highest BCUT2D eigenvalue weighted by molar-refractivity contribution is 7.89. The molecule has 2 aromatic carbocycles. The van der Waals surface area contributed by atoms with E-state index in [1.54, 1.807) is 12.1 Å². The number of rotatable bonds is 5. The highest BCUT2D eigenvalue weighted by atomic mass is 32.2. The maximum absolute atomic E-state index is 12.3. The van der Waals surface area contributed by atoms with Crippen LogP contribution in [0.25, 0.3) is 0 Å². The highest BCUT2D eigenvalue weighted by Crippen LogP contribution is 2.24. The van der Waals surface area contributed by atoms with Gasteiger partial charge in [0.25, 0.3) is 5.69 Å². The van der Waals surface area contributed by atoms with Crippen molar-refractivity contribution in [3.05, 3.63) is 69.8 Å². The molecule has 7 heteroatoms. The number of hydrogen-bond donors (Lipinski definition) is 1. The minimum absolute atomic E-state index is 0.0763. The van der Waals surface area contributed by atoms with E-state index in [9.17, 15) is 18.5 Å². The molecule has 0 aliphatic carbocycles. The van der Waals surface area contributed by atoms with Gasteiger partial charge >= 0.3 is 0 Å². The first kappa shape index (κ1) is 15.1. The second-order valence-corrected chi connectivity index (χ2v) is 6.20. The van der Waals surface area contributed by atoms with Gasteiger partial charge in [0.1, 0.15) is 0 Å². The van der Waals surface area contributed by atoms with E-state index in [0.717, 1.165) is 5.56 Å². The summed E-state index contributed by atoms with van der Waals surface area (Å²) in [5.41, 5.74) is 0.727. The van der Waals surface area contributed by atoms with Crippen molar-refractivity contribution in [2.45, 2.75) is 18.4 Å². The van der Waals surface area contributed by atoms with Crippen LogP contribution in [-0.2, 0) is 16.6 Å². The zero-order chi connectivity index (χ0) is 15.5. The number of hydrogen-bond acceptors (Lipinski definition) is 4. The Kier molecular flexibility index (Phi) is 4.35. The second kappa shape index (κ2) is 6.02. The molecule has 1 N–H and O–H groups in total. The molecule has 0 saturated carbocycles. The van der Waals surface area contributed by atoms with Crippen molar-refractivity contribution in [1.29, 1.82) is 0 Å². The van der Waals surface area contributed by atoms with E-state index < -0.39 is 14.9 Å². The zero-order valence-corrected chi connectivity index (χ0v) is 12.1. The lowest BCUT2D eigenvalue weighted by molar-refractivity contribution is -0.385. The van der Waals surface area contributed by atoms with Gasteiger partial charge in [-0.25, -0.2) is 13.1 Å². The van der Waals surface area contributed by atoms with Crippen molar-refractivity contribution < 1.29 is 13.3 Å². The Labute approximate surface area is 122 Å². The van der Waals surface area contributed by atoms with Gasteiger partial charge in [0, 0.05) is 18.2 Å². The summed E-state index contributed by atoms with van der Waals surface area (Å²) in [6, 6.07) is 13.0. The van der Waals surface area contributed by atoms with Crippen LogP contribution in [0.5, 0.6) is 0 Å². The minimum atomic E-state index is -3.80. The molecule has 0 aliphatic rings. The largest absolute Gasteiger partial charge is 0.273 e. The van der Waals surface area contributed by atoms with E-state index in [4.69, 9.17) is 0 Å². The van der Waals surface area contributed by atoms with E-state index in [1.165, 1.54) is 25.1 Å². The number of nitrogens with one attached hydrogen (secondary N) is 1. The molecule has 0 spiro atoms. The molecule has 0 amide bonds. The fourth-order valence-electron chi connectivity index (χ4n) is 1.94. The van der Waals surface area contributed by atoms with Crippen LogP contribution in [0.1, 0.15) is 11.1 Å². The third-order valence-electron chi connectivity index (χ3n) is 3.05. The molecule has 0 heterocycles. The van der Waals surface area contributed by atoms with Gasteiger partial charge in [-0.3, -0.25) is 10.1 Å². The fourth-order valence-corrected chi connectivity index (χ4v) is 3.22. The van der Waals surface area contributed by atoms with Gasteiger partial charge < -0.3 is 0 Å². The van der Waals surface area contributed by atoms with Crippen molar-refractivity contribution in [2.24, 2.45) is 0 Å². The van der Waals surface area contributed by atoms with Crippen LogP contribution in [0.2, 0.25) is 0 Å². The molecule has 0 fully saturated rings. The normalized spacial score (nSPS) is 11.3. The van der Waals surface area contributed by atoms with Crippen molar-refractivity contribution in [2.75, 3.05) is 0 Å². The summed E-state index contributed by atoms with van der Waals surface area (Å²) in [5.74, 6) is 0. The molecule has 0 unspecified atom stereocenters. The fraction of sp³-hybridized carbons (Fsp3) is 0.143. The van der Waals surface area contributed by atoms with Crippen molar-refractivity contribution >= 4 is 15.7 Å². The molecule has 2 rings (SSSR count). The number of benzene rings is 2. The lowest BCUT2D eigenvalue weighted by atomic mass is 10.2. The van der Waals surface area contributed by atoms with E-state index >= 15 is 0 Å². The van der Waals surface area contributed by atoms with E-state index in [1.807, 2.05) is 18.2 Å². The Morgan fingerprint density at radius 2 is 1.76 bits per heavy atom. The lowest BCUT2D eigenvalue weighted by Gasteiger charge is -2.09. The average molecular weight is 306 g/mol. The van der Waals surface area contributed by atoms with Crippen LogP contribution in [-0.4, -0.2) is 13.3 Å². The number of sulfonamides is 1. The summed E-state index contributed by atoms with van der Waals surface area (Å²) in [4.78, 5) is 10.2. The van der Waals surface area contributed by atoms with Crippen LogP contribution in [0.15, 0.2) is 53.4 Å². The highest BCUT2D eigenvalue weighted by Gasteiger charge is 2.22. The molecule has 0 radical (unpaired) electrons. The summed E-state index contributed by atoms with van der Waals surface area (Å²) in [6.07, 6.45) is 0. The van der Waals surface area contributed by atoms with Gasteiger partial charge in [-0.05, 0) is 18.6 Å². The van der Waals surface area contributed by atoms with E-state index in [0.29, 0.717) is 0 Å². The Morgan fingerprint density at radius 1 is 1.10 bits per heavy atom. The zero-order valence-electron chi connectivity index (χ0n) is 11.3. The summed E-state index contributed by atoms with van der Waals surface area (Å²) in [5, 5.41) is 10.9. The van der Waals surface area contributed by atoms with Crippen molar-refractivity contribution in [1.82, 2.24) is 4.72 Å². The van der Waals surface area contributed by atoms with Gasteiger partial charge in [0.15, 0.2) is 0 Å². The Morgan fingerprint density at radius 3 is 2.38 bits per heavy atom. The van der Waals surface area contributed by atoms with Crippen LogP contribution in [0.3, 0.4) is 0 Å². The maximum atomic E-state index is 12.3. The van der Waals surface area contributed by atoms with Crippen molar-refractivity contribution in [3.63, 3.8) is 0 Å². The molecule has 110 valence electrons. The number of nitro benzene ring substituents is 1. The number of nitro groups is 1. The summed E-state index contributed by atoms with van der Waals surface area (Å²) in [7, 11) is -3.80. The van der Waals surface area contributed by atoms with E-state index in [2.05, 4.69) is 4.72 Å². The summed E-state index contributed by atoms with van der Waals surface area (Å²) >= 11 is 0. The minimum Gasteiger partial charge on any atom is -0.258 e. The molecule has 0 aromatic heterocycles. The first-order valence-corrected chi connectivity index (χ1v) is 7.68.